The van der Waals surface area contributed by atoms with Gasteiger partial charge in [0.05, 0.1) is 24.6 Å². The van der Waals surface area contributed by atoms with Crippen LogP contribution in [-0.4, -0.2) is 42.9 Å². The van der Waals surface area contributed by atoms with Gasteiger partial charge >= 0.3 is 6.09 Å². The fraction of sp³-hybridized carbons (Fsp3) is 0.833. The molecular formula is C12H20N2O3. The summed E-state index contributed by atoms with van der Waals surface area (Å²) < 4.78 is 10.5. The molecule has 0 aromatic carbocycles. The van der Waals surface area contributed by atoms with Crippen molar-refractivity contribution in [3.05, 3.63) is 0 Å². The Balaban J connectivity index is 2.58. The number of rotatable bonds is 1. The molecule has 1 fully saturated rings. The first-order valence-electron chi connectivity index (χ1n) is 5.77. The predicted octanol–water partition coefficient (Wildman–Crippen LogP) is 1.78. The van der Waals surface area contributed by atoms with E-state index in [-0.39, 0.29) is 18.1 Å². The van der Waals surface area contributed by atoms with Gasteiger partial charge in [-0.15, -0.1) is 0 Å². The van der Waals surface area contributed by atoms with Gasteiger partial charge in [-0.2, -0.15) is 5.26 Å². The topological polar surface area (TPSA) is 62.6 Å². The van der Waals surface area contributed by atoms with E-state index in [2.05, 4.69) is 6.07 Å². The molecule has 0 aromatic rings. The molecule has 1 amide bonds. The van der Waals surface area contributed by atoms with Gasteiger partial charge in [-0.3, -0.25) is 0 Å². The lowest BCUT2D eigenvalue weighted by atomic mass is 9.95. The van der Waals surface area contributed by atoms with E-state index in [9.17, 15) is 4.79 Å². The first-order valence-corrected chi connectivity index (χ1v) is 5.77. The van der Waals surface area contributed by atoms with Crippen LogP contribution < -0.4 is 0 Å². The molecule has 0 N–H and O–H groups in total. The zero-order valence-electron chi connectivity index (χ0n) is 10.9. The highest BCUT2D eigenvalue weighted by atomic mass is 16.6. The van der Waals surface area contributed by atoms with Gasteiger partial charge in [0.25, 0.3) is 0 Å². The summed E-state index contributed by atoms with van der Waals surface area (Å²) in [5.41, 5.74) is -0.494. The van der Waals surface area contributed by atoms with Gasteiger partial charge in [-0.05, 0) is 27.2 Å². The lowest BCUT2D eigenvalue weighted by Gasteiger charge is -2.35. The minimum Gasteiger partial charge on any atom is -0.444 e. The summed E-state index contributed by atoms with van der Waals surface area (Å²) >= 11 is 0. The summed E-state index contributed by atoms with van der Waals surface area (Å²) in [6.07, 6.45) is 0.0750. The molecule has 1 heterocycles. The van der Waals surface area contributed by atoms with E-state index in [1.807, 2.05) is 20.8 Å². The largest absolute Gasteiger partial charge is 0.444 e. The van der Waals surface area contributed by atoms with Crippen molar-refractivity contribution in [3.63, 3.8) is 0 Å². The number of nitrogens with zero attached hydrogens (tertiary/aromatic N) is 2. The molecule has 0 saturated carbocycles. The number of hydrogen-bond donors (Lipinski definition) is 0. The van der Waals surface area contributed by atoms with E-state index < -0.39 is 5.60 Å². The van der Waals surface area contributed by atoms with Crippen LogP contribution in [0.4, 0.5) is 4.79 Å². The molecule has 96 valence electrons. The number of ether oxygens (including phenoxy) is 2. The van der Waals surface area contributed by atoms with Gasteiger partial charge in [0.2, 0.25) is 0 Å². The highest BCUT2D eigenvalue weighted by molar-refractivity contribution is 5.68. The third kappa shape index (κ3) is 3.90. The zero-order chi connectivity index (χ0) is 13.1. The zero-order valence-corrected chi connectivity index (χ0v) is 10.9. The molecule has 0 bridgehead atoms. The fourth-order valence-electron chi connectivity index (χ4n) is 1.80. The molecule has 5 heteroatoms. The monoisotopic (exact) mass is 240 g/mol. The Kier molecular flexibility index (Phi) is 4.35. The Morgan fingerprint density at radius 2 is 2.12 bits per heavy atom. The molecule has 0 radical (unpaired) electrons. The van der Waals surface area contributed by atoms with Crippen molar-refractivity contribution in [3.8, 4) is 6.07 Å². The predicted molar refractivity (Wildman–Crippen MR) is 62.3 cm³/mol. The van der Waals surface area contributed by atoms with Crippen molar-refractivity contribution in [1.82, 2.24) is 4.90 Å². The molecular weight excluding hydrogens is 220 g/mol. The van der Waals surface area contributed by atoms with Gasteiger partial charge in [0.1, 0.15) is 5.60 Å². The van der Waals surface area contributed by atoms with E-state index >= 15 is 0 Å². The summed E-state index contributed by atoms with van der Waals surface area (Å²) in [6.45, 7) is 6.47. The molecule has 0 aliphatic carbocycles. The fourth-order valence-corrected chi connectivity index (χ4v) is 1.80. The van der Waals surface area contributed by atoms with Gasteiger partial charge < -0.3 is 14.4 Å². The summed E-state index contributed by atoms with van der Waals surface area (Å²) in [6, 6.07) is 2.21. The van der Waals surface area contributed by atoms with Gasteiger partial charge in [-0.1, -0.05) is 0 Å². The number of carbonyl (C=O) groups excluding carboxylic acids is 1. The van der Waals surface area contributed by atoms with Crippen LogP contribution in [-0.2, 0) is 9.47 Å². The number of nitriles is 1. The van der Waals surface area contributed by atoms with E-state index in [1.54, 1.807) is 12.0 Å². The molecule has 17 heavy (non-hydrogen) atoms. The van der Waals surface area contributed by atoms with Gasteiger partial charge in [0, 0.05) is 13.7 Å². The second-order valence-corrected chi connectivity index (χ2v) is 5.22. The highest BCUT2D eigenvalue weighted by Gasteiger charge is 2.33. The van der Waals surface area contributed by atoms with Crippen LogP contribution in [0.3, 0.4) is 0 Å². The van der Waals surface area contributed by atoms with Crippen molar-refractivity contribution in [1.29, 1.82) is 5.26 Å². The number of hydrogen-bond acceptors (Lipinski definition) is 4. The summed E-state index contributed by atoms with van der Waals surface area (Å²) in [5, 5.41) is 8.94. The summed E-state index contributed by atoms with van der Waals surface area (Å²) in [5.74, 6) is -0.140. The van der Waals surface area contributed by atoms with Crippen LogP contribution in [0.1, 0.15) is 27.2 Å². The molecule has 5 nitrogen and oxygen atoms in total. The van der Waals surface area contributed by atoms with E-state index in [1.165, 1.54) is 0 Å². The summed E-state index contributed by atoms with van der Waals surface area (Å²) in [7, 11) is 1.56. The van der Waals surface area contributed by atoms with Crippen LogP contribution in [0, 0.1) is 17.2 Å². The third-order valence-corrected chi connectivity index (χ3v) is 2.68. The number of amides is 1. The van der Waals surface area contributed by atoms with Crippen molar-refractivity contribution in [2.45, 2.75) is 38.9 Å². The molecule has 1 aliphatic rings. The minimum atomic E-state index is -0.494. The molecule has 0 spiro atoms. The van der Waals surface area contributed by atoms with E-state index in [0.29, 0.717) is 19.5 Å². The third-order valence-electron chi connectivity index (χ3n) is 2.68. The van der Waals surface area contributed by atoms with Crippen molar-refractivity contribution in [2.24, 2.45) is 5.92 Å². The summed E-state index contributed by atoms with van der Waals surface area (Å²) in [4.78, 5) is 13.4. The second-order valence-electron chi connectivity index (χ2n) is 5.22. The minimum absolute atomic E-state index is 0.140. The Morgan fingerprint density at radius 1 is 1.47 bits per heavy atom. The SMILES string of the molecule is COC1CN(C(=O)OC(C)(C)C)CCC1C#N. The van der Waals surface area contributed by atoms with Crippen molar-refractivity contribution < 1.29 is 14.3 Å². The molecule has 1 aliphatic heterocycles. The molecule has 2 atom stereocenters. The van der Waals surface area contributed by atoms with E-state index in [0.717, 1.165) is 0 Å². The Bertz CT molecular complexity index is 317. The normalized spacial score (nSPS) is 25.2. The first-order chi connectivity index (χ1) is 7.87. The molecule has 0 aromatic heterocycles. The number of methoxy groups -OCH3 is 1. The van der Waals surface area contributed by atoms with Crippen LogP contribution in [0.5, 0.6) is 0 Å². The Morgan fingerprint density at radius 3 is 2.59 bits per heavy atom. The lowest BCUT2D eigenvalue weighted by molar-refractivity contribution is -0.0180. The molecule has 2 unspecified atom stereocenters. The van der Waals surface area contributed by atoms with Crippen molar-refractivity contribution >= 4 is 6.09 Å². The smallest absolute Gasteiger partial charge is 0.410 e. The maximum Gasteiger partial charge on any atom is 0.410 e. The van der Waals surface area contributed by atoms with Crippen LogP contribution in [0.15, 0.2) is 0 Å². The Hall–Kier alpha value is -1.28. The number of piperidine rings is 1. The van der Waals surface area contributed by atoms with Crippen LogP contribution in [0.25, 0.3) is 0 Å². The maximum atomic E-state index is 11.8. The van der Waals surface area contributed by atoms with Crippen LogP contribution >= 0.6 is 0 Å². The quantitative estimate of drug-likeness (QED) is 0.701. The number of carbonyl (C=O) groups is 1. The molecule has 1 saturated heterocycles. The van der Waals surface area contributed by atoms with Gasteiger partial charge in [-0.25, -0.2) is 4.79 Å². The maximum absolute atomic E-state index is 11.8. The lowest BCUT2D eigenvalue weighted by Crippen LogP contribution is -2.48. The van der Waals surface area contributed by atoms with E-state index in [4.69, 9.17) is 14.7 Å². The second kappa shape index (κ2) is 5.37. The highest BCUT2D eigenvalue weighted by Crippen LogP contribution is 2.21. The Labute approximate surface area is 102 Å². The standard InChI is InChI=1S/C12H20N2O3/c1-12(2,3)17-11(15)14-6-5-9(7-13)10(8-14)16-4/h9-10H,5-6,8H2,1-4H3. The van der Waals surface area contributed by atoms with Crippen LogP contribution in [0.2, 0.25) is 0 Å². The van der Waals surface area contributed by atoms with Crippen molar-refractivity contribution in [2.75, 3.05) is 20.2 Å². The van der Waals surface area contributed by atoms with Gasteiger partial charge in [0.15, 0.2) is 0 Å². The number of likely N-dealkylation sites (tertiary alicyclic amines) is 1. The average Bonchev–Trinajstić information content (AvgIpc) is 2.25. The first kappa shape index (κ1) is 13.8. The molecule has 1 rings (SSSR count). The average molecular weight is 240 g/mol.